The highest BCUT2D eigenvalue weighted by Crippen LogP contribution is 2.29. The lowest BCUT2D eigenvalue weighted by Gasteiger charge is -2.44. The predicted molar refractivity (Wildman–Crippen MR) is 250 cm³/mol. The summed E-state index contributed by atoms with van der Waals surface area (Å²) in [6.07, 6.45) is -5.87. The van der Waals surface area contributed by atoms with Crippen LogP contribution in [0.2, 0.25) is 0 Å². The minimum absolute atomic E-state index is 0.00943. The molecule has 2 heterocycles. The predicted octanol–water partition coefficient (Wildman–Crippen LogP) is 2.07. The van der Waals surface area contributed by atoms with E-state index in [0.29, 0.717) is 38.6 Å². The van der Waals surface area contributed by atoms with Crippen molar-refractivity contribution in [3.8, 4) is 0 Å². The fourth-order valence-corrected chi connectivity index (χ4v) is 7.76. The Hall–Kier alpha value is -6.24. The molecule has 1 aromatic rings. The summed E-state index contributed by atoms with van der Waals surface area (Å²) in [6, 6.07) is 6.89. The van der Waals surface area contributed by atoms with Gasteiger partial charge in [-0.2, -0.15) is 0 Å². The van der Waals surface area contributed by atoms with Crippen LogP contribution in [0.5, 0.6) is 0 Å². The Morgan fingerprint density at radius 2 is 1.15 bits per heavy atom. The quantitative estimate of drug-likeness (QED) is 0.0564. The second kappa shape index (κ2) is 32.8. The normalized spacial score (nSPS) is 22.8. The monoisotopic (exact) mass is 1040 g/mol. The lowest BCUT2D eigenvalue weighted by Crippen LogP contribution is -2.66. The number of rotatable bonds is 30. The van der Waals surface area contributed by atoms with E-state index in [-0.39, 0.29) is 64.4 Å². The molecule has 1 aromatic carbocycles. The molecule has 24 heteroatoms. The van der Waals surface area contributed by atoms with E-state index >= 15 is 0 Å². The number of carbonyl (C=O) groups excluding carboxylic acids is 10. The topological polar surface area (TPSA) is 308 Å². The Morgan fingerprint density at radius 1 is 0.589 bits per heavy atom. The van der Waals surface area contributed by atoms with Gasteiger partial charge < -0.3 is 68.1 Å². The van der Waals surface area contributed by atoms with Gasteiger partial charge in [0.15, 0.2) is 30.9 Å². The number of unbranched alkanes of at least 4 members (excludes halogenated alkanes) is 3. The summed E-state index contributed by atoms with van der Waals surface area (Å²) in [6.45, 7) is 8.06. The van der Waals surface area contributed by atoms with E-state index in [9.17, 15) is 47.9 Å². The highest BCUT2D eigenvalue weighted by Gasteiger charge is 2.51. The number of benzene rings is 1. The van der Waals surface area contributed by atoms with Crippen molar-refractivity contribution in [2.45, 2.75) is 181 Å². The van der Waals surface area contributed by atoms with Gasteiger partial charge in [-0.1, -0.05) is 30.3 Å². The van der Waals surface area contributed by atoms with Gasteiger partial charge in [-0.3, -0.25) is 43.2 Å². The molecule has 0 bridgehead atoms. The lowest BCUT2D eigenvalue weighted by atomic mass is 9.96. The molecule has 2 fully saturated rings. The molecule has 0 radical (unpaired) electrons. The van der Waals surface area contributed by atoms with Crippen molar-refractivity contribution in [2.24, 2.45) is 0 Å². The van der Waals surface area contributed by atoms with Gasteiger partial charge in [0, 0.05) is 87.5 Å². The van der Waals surface area contributed by atoms with Gasteiger partial charge in [0.2, 0.25) is 17.7 Å². The van der Waals surface area contributed by atoms with E-state index in [0.717, 1.165) is 19.4 Å². The molecule has 24 nitrogen and oxygen atoms in total. The zero-order chi connectivity index (χ0) is 53.9. The van der Waals surface area contributed by atoms with Gasteiger partial charge in [-0.05, 0) is 50.5 Å². The van der Waals surface area contributed by atoms with Gasteiger partial charge in [-0.15, -0.1) is 0 Å². The molecule has 0 aromatic heterocycles. The highest BCUT2D eigenvalue weighted by molar-refractivity contribution is 5.84. The highest BCUT2D eigenvalue weighted by atomic mass is 16.7. The fraction of sp³-hybridized carbons (Fsp3) is 0.673. The zero-order valence-electron chi connectivity index (χ0n) is 42.5. The average Bonchev–Trinajstić information content (AvgIpc) is 3.30. The summed E-state index contributed by atoms with van der Waals surface area (Å²) >= 11 is 0. The molecule has 3 N–H and O–H groups in total. The van der Waals surface area contributed by atoms with Crippen molar-refractivity contribution in [3.63, 3.8) is 0 Å². The van der Waals surface area contributed by atoms with Crippen molar-refractivity contribution in [1.29, 1.82) is 0 Å². The summed E-state index contributed by atoms with van der Waals surface area (Å²) in [5, 5.41) is 8.24. The number of hydrogen-bond acceptors (Lipinski definition) is 21. The first-order chi connectivity index (χ1) is 34.7. The first kappa shape index (κ1) is 61.1. The van der Waals surface area contributed by atoms with Crippen LogP contribution < -0.4 is 16.0 Å². The third-order valence-electron chi connectivity index (χ3n) is 10.9. The molecule has 2 saturated heterocycles. The summed E-state index contributed by atoms with van der Waals surface area (Å²) in [7, 11) is 0. The van der Waals surface area contributed by atoms with Gasteiger partial charge in [-0.25, -0.2) is 4.79 Å². The minimum atomic E-state index is -1.29. The van der Waals surface area contributed by atoms with Crippen molar-refractivity contribution in [3.05, 3.63) is 35.9 Å². The standard InChI is InChI=1S/C49H71N3O21/c1-29(53)51-44-47(71-35(7)59)46(70-34(6)58)40(28-66-31(3)55)73-49(44)64-24-16-13-21-42(61)52-37(48(62)67-26-36-17-9-8-10-18-36)19-11-14-22-50-41(60)20-12-15-23-63-43-25-38(68-32(4)56)45(69-33(5)57)39(72-43)27-65-30(2)54/h8-10,17-18,37-40,43-47,49H,11-16,19-28H2,1-7H3,(H,50,60)(H,51,53)(H,52,61)/t37-,38+,39+,40+,43+,44+,45+,46-,47+,49+/m0/s1. The number of carbonyl (C=O) groups is 10. The number of esters is 7. The SMILES string of the molecule is CC(=O)N[C@H]1[C@H](OCCCCC(=O)N[C@@H](CCCCNC(=O)CCCCO[C@H]2C[C@@H](OC(C)=O)[C@@H](OC(C)=O)[C@@H](COC(C)=O)O2)C(=O)OCc2ccccc2)O[C@H](COC(C)=O)[C@H](OC(C)=O)[C@@H]1OC(C)=O. The molecule has 2 aliphatic heterocycles. The maximum Gasteiger partial charge on any atom is 0.328 e. The third kappa shape index (κ3) is 24.4. The molecular formula is C49H71N3O21. The second-order valence-electron chi connectivity index (χ2n) is 17.3. The fourth-order valence-electron chi connectivity index (χ4n) is 7.76. The van der Waals surface area contributed by atoms with E-state index < -0.39 is 121 Å². The van der Waals surface area contributed by atoms with Crippen molar-refractivity contribution >= 4 is 59.5 Å². The van der Waals surface area contributed by atoms with Crippen LogP contribution in [-0.4, -0.2) is 154 Å². The summed E-state index contributed by atoms with van der Waals surface area (Å²) in [5.74, 6) is -5.79. The smallest absolute Gasteiger partial charge is 0.328 e. The molecule has 10 atom stereocenters. The number of ether oxygens (including phenoxy) is 11. The van der Waals surface area contributed by atoms with Crippen molar-refractivity contribution < 1.29 is 100 Å². The molecule has 2 aliphatic rings. The van der Waals surface area contributed by atoms with E-state index in [1.165, 1.54) is 34.6 Å². The van der Waals surface area contributed by atoms with Crippen LogP contribution >= 0.6 is 0 Å². The minimum Gasteiger partial charge on any atom is -0.463 e. The van der Waals surface area contributed by atoms with E-state index in [1.54, 1.807) is 24.3 Å². The maximum atomic E-state index is 13.3. The van der Waals surface area contributed by atoms with E-state index in [4.69, 9.17) is 52.1 Å². The van der Waals surface area contributed by atoms with E-state index in [1.807, 2.05) is 6.07 Å². The Morgan fingerprint density at radius 3 is 1.74 bits per heavy atom. The van der Waals surface area contributed by atoms with Gasteiger partial charge >= 0.3 is 41.8 Å². The summed E-state index contributed by atoms with van der Waals surface area (Å²) in [5.41, 5.74) is 0.756. The summed E-state index contributed by atoms with van der Waals surface area (Å²) < 4.78 is 61.1. The van der Waals surface area contributed by atoms with Crippen molar-refractivity contribution in [2.75, 3.05) is 33.0 Å². The lowest BCUT2D eigenvalue weighted by molar-refractivity contribution is -0.277. The van der Waals surface area contributed by atoms with E-state index in [2.05, 4.69) is 16.0 Å². The van der Waals surface area contributed by atoms with Crippen LogP contribution in [0, 0.1) is 0 Å². The largest absolute Gasteiger partial charge is 0.463 e. The Kier molecular flexibility index (Phi) is 27.4. The first-order valence-corrected chi connectivity index (χ1v) is 24.3. The van der Waals surface area contributed by atoms with Crippen LogP contribution in [0.25, 0.3) is 0 Å². The molecule has 3 amide bonds. The van der Waals surface area contributed by atoms with Crippen LogP contribution in [0.4, 0.5) is 0 Å². The Bertz CT molecular complexity index is 1990. The number of nitrogens with one attached hydrogen (secondary N) is 3. The Labute approximate surface area is 424 Å². The maximum absolute atomic E-state index is 13.3. The van der Waals surface area contributed by atoms with Gasteiger partial charge in [0.1, 0.15) is 50.2 Å². The first-order valence-electron chi connectivity index (χ1n) is 24.3. The molecule has 0 spiro atoms. The molecule has 0 saturated carbocycles. The molecule has 3 rings (SSSR count). The molecular weight excluding hydrogens is 967 g/mol. The van der Waals surface area contributed by atoms with Crippen LogP contribution in [0.1, 0.15) is 118 Å². The molecule has 0 aliphatic carbocycles. The zero-order valence-corrected chi connectivity index (χ0v) is 42.5. The van der Waals surface area contributed by atoms with Gasteiger partial charge in [0.25, 0.3) is 0 Å². The Balaban J connectivity index is 1.48. The third-order valence-corrected chi connectivity index (χ3v) is 10.9. The van der Waals surface area contributed by atoms with Crippen LogP contribution in [0.15, 0.2) is 30.3 Å². The van der Waals surface area contributed by atoms with Gasteiger partial charge in [0.05, 0.1) is 0 Å². The van der Waals surface area contributed by atoms with Crippen molar-refractivity contribution in [1.82, 2.24) is 16.0 Å². The summed E-state index contributed by atoms with van der Waals surface area (Å²) in [4.78, 5) is 122. The molecule has 408 valence electrons. The second-order valence-corrected chi connectivity index (χ2v) is 17.3. The number of amides is 3. The molecule has 0 unspecified atom stereocenters. The average molecular weight is 1040 g/mol. The van der Waals surface area contributed by atoms with Crippen LogP contribution in [0.3, 0.4) is 0 Å². The number of hydrogen-bond donors (Lipinski definition) is 3. The molecule has 73 heavy (non-hydrogen) atoms. The van der Waals surface area contributed by atoms with Crippen LogP contribution in [-0.2, 0) is 107 Å².